The number of pyridine rings is 1. The Hall–Kier alpha value is -0.440. The van der Waals surface area contributed by atoms with Crippen molar-refractivity contribution in [3.8, 4) is 6.07 Å². The summed E-state index contributed by atoms with van der Waals surface area (Å²) in [6, 6.07) is 4.00. The number of nitriles is 1. The van der Waals surface area contributed by atoms with Crippen molar-refractivity contribution < 1.29 is 5.11 Å². The molecule has 0 aliphatic heterocycles. The summed E-state index contributed by atoms with van der Waals surface area (Å²) in [7, 11) is 0. The smallest absolute Gasteiger partial charge is 0.0735 e. The van der Waals surface area contributed by atoms with Gasteiger partial charge in [-0.2, -0.15) is 5.26 Å². The average Bonchev–Trinajstić information content (AvgIpc) is 2.26. The van der Waals surface area contributed by atoms with Gasteiger partial charge in [0.25, 0.3) is 0 Å². The number of hydrogen-bond acceptors (Lipinski definition) is 3. The maximum absolute atomic E-state index is 8.95. The van der Waals surface area contributed by atoms with Crippen LogP contribution in [-0.2, 0) is 11.8 Å². The first-order valence-corrected chi connectivity index (χ1v) is 6.32. The molecule has 0 radical (unpaired) electrons. The number of nitrogens with zero attached hydrogens (tertiary/aromatic N) is 2. The zero-order valence-electron chi connectivity index (χ0n) is 7.95. The molecule has 0 saturated carbocycles. The van der Waals surface area contributed by atoms with Gasteiger partial charge in [-0.25, -0.2) is 0 Å². The van der Waals surface area contributed by atoms with Crippen molar-refractivity contribution in [1.29, 1.82) is 5.26 Å². The van der Waals surface area contributed by atoms with Gasteiger partial charge in [-0.1, -0.05) is 15.9 Å². The van der Waals surface area contributed by atoms with E-state index in [1.54, 1.807) is 6.20 Å². The first kappa shape index (κ1) is 12.6. The summed E-state index contributed by atoms with van der Waals surface area (Å²) in [6.45, 7) is -0.120. The van der Waals surface area contributed by atoms with Crippen LogP contribution in [0, 0.1) is 17.2 Å². The Kier molecular flexibility index (Phi) is 5.23. The van der Waals surface area contributed by atoms with E-state index in [2.05, 4.69) is 42.9 Å². The standard InChI is InChI=1S/C10H10Br2N2O/c11-3-10-8(1-7(4-13)6-15)2-9(12)5-14-10/h2,5,7,15H,1,3,6H2. The lowest BCUT2D eigenvalue weighted by atomic mass is 10.0. The molecule has 0 spiro atoms. The fourth-order valence-electron chi connectivity index (χ4n) is 1.22. The van der Waals surface area contributed by atoms with E-state index in [1.165, 1.54) is 0 Å². The minimum absolute atomic E-state index is 0.120. The molecule has 1 N–H and O–H groups in total. The number of hydrogen-bond donors (Lipinski definition) is 1. The lowest BCUT2D eigenvalue weighted by Gasteiger charge is -2.09. The van der Waals surface area contributed by atoms with Gasteiger partial charge in [0.1, 0.15) is 0 Å². The molecule has 0 aliphatic rings. The molecule has 0 aliphatic carbocycles. The minimum atomic E-state index is -0.362. The maximum Gasteiger partial charge on any atom is 0.0735 e. The molecule has 80 valence electrons. The molecule has 15 heavy (non-hydrogen) atoms. The van der Waals surface area contributed by atoms with Crippen LogP contribution in [0.2, 0.25) is 0 Å². The van der Waals surface area contributed by atoms with E-state index in [-0.39, 0.29) is 12.5 Å². The Balaban J connectivity index is 2.92. The average molecular weight is 334 g/mol. The first-order chi connectivity index (χ1) is 7.21. The molecule has 3 nitrogen and oxygen atoms in total. The molecule has 5 heteroatoms. The fraction of sp³-hybridized carbons (Fsp3) is 0.400. The number of aromatic nitrogens is 1. The Bertz CT molecular complexity index is 376. The third-order valence-electron chi connectivity index (χ3n) is 2.02. The van der Waals surface area contributed by atoms with E-state index in [1.807, 2.05) is 6.07 Å². The minimum Gasteiger partial charge on any atom is -0.395 e. The molecule has 1 atom stereocenters. The van der Waals surface area contributed by atoms with Gasteiger partial charge in [-0.05, 0) is 34.0 Å². The first-order valence-electron chi connectivity index (χ1n) is 4.41. The van der Waals surface area contributed by atoms with Crippen LogP contribution < -0.4 is 0 Å². The van der Waals surface area contributed by atoms with Gasteiger partial charge in [0.2, 0.25) is 0 Å². The molecule has 0 aromatic carbocycles. The molecule has 0 saturated heterocycles. The van der Waals surface area contributed by atoms with Crippen molar-refractivity contribution in [3.05, 3.63) is 28.0 Å². The number of alkyl halides is 1. The molecule has 0 amide bonds. The van der Waals surface area contributed by atoms with E-state index in [0.717, 1.165) is 15.7 Å². The second-order valence-corrected chi connectivity index (χ2v) is 4.58. The number of rotatable bonds is 4. The maximum atomic E-state index is 8.95. The van der Waals surface area contributed by atoms with Crippen molar-refractivity contribution in [3.63, 3.8) is 0 Å². The summed E-state index contributed by atoms with van der Waals surface area (Å²) in [5.41, 5.74) is 1.90. The molecule has 1 rings (SSSR count). The lowest BCUT2D eigenvalue weighted by Crippen LogP contribution is -2.09. The highest BCUT2D eigenvalue weighted by Gasteiger charge is 2.11. The second kappa shape index (κ2) is 6.21. The third-order valence-corrected chi connectivity index (χ3v) is 2.99. The normalized spacial score (nSPS) is 12.1. The van der Waals surface area contributed by atoms with Crippen LogP contribution in [0.5, 0.6) is 0 Å². The van der Waals surface area contributed by atoms with Gasteiger partial charge in [0, 0.05) is 16.0 Å². The van der Waals surface area contributed by atoms with Crippen molar-refractivity contribution in [2.45, 2.75) is 11.8 Å². The fourth-order valence-corrected chi connectivity index (χ4v) is 2.11. The molecular formula is C10H10Br2N2O. The van der Waals surface area contributed by atoms with Gasteiger partial charge in [-0.15, -0.1) is 0 Å². The summed E-state index contributed by atoms with van der Waals surface area (Å²) in [6.07, 6.45) is 2.25. The van der Waals surface area contributed by atoms with E-state index in [0.29, 0.717) is 11.8 Å². The Morgan fingerprint density at radius 2 is 2.33 bits per heavy atom. The van der Waals surface area contributed by atoms with Crippen molar-refractivity contribution in [2.24, 2.45) is 5.92 Å². The van der Waals surface area contributed by atoms with E-state index in [4.69, 9.17) is 10.4 Å². The summed E-state index contributed by atoms with van der Waals surface area (Å²) >= 11 is 6.68. The summed E-state index contributed by atoms with van der Waals surface area (Å²) < 4.78 is 0.886. The van der Waals surface area contributed by atoms with Crippen molar-refractivity contribution in [1.82, 2.24) is 4.98 Å². The molecule has 0 fully saturated rings. The monoisotopic (exact) mass is 332 g/mol. The number of aliphatic hydroxyl groups excluding tert-OH is 1. The number of aliphatic hydroxyl groups is 1. The summed E-state index contributed by atoms with van der Waals surface area (Å²) in [5.74, 6) is -0.362. The highest BCUT2D eigenvalue weighted by Crippen LogP contribution is 2.19. The molecule has 1 heterocycles. The van der Waals surface area contributed by atoms with Gasteiger partial charge in [0.15, 0.2) is 0 Å². The lowest BCUT2D eigenvalue weighted by molar-refractivity contribution is 0.255. The van der Waals surface area contributed by atoms with E-state index < -0.39 is 0 Å². The summed E-state index contributed by atoms with van der Waals surface area (Å²) in [4.78, 5) is 4.23. The van der Waals surface area contributed by atoms with Crippen molar-refractivity contribution in [2.75, 3.05) is 6.61 Å². The Morgan fingerprint density at radius 3 is 2.87 bits per heavy atom. The third kappa shape index (κ3) is 3.56. The highest BCUT2D eigenvalue weighted by atomic mass is 79.9. The van der Waals surface area contributed by atoms with Crippen LogP contribution >= 0.6 is 31.9 Å². The Morgan fingerprint density at radius 1 is 1.60 bits per heavy atom. The van der Waals surface area contributed by atoms with Gasteiger partial charge in [0.05, 0.1) is 24.3 Å². The zero-order chi connectivity index (χ0) is 11.3. The van der Waals surface area contributed by atoms with Crippen LogP contribution in [0.15, 0.2) is 16.7 Å². The molecule has 1 aromatic heterocycles. The molecule has 0 bridgehead atoms. The van der Waals surface area contributed by atoms with Gasteiger partial charge < -0.3 is 5.11 Å². The van der Waals surface area contributed by atoms with Crippen LogP contribution in [-0.4, -0.2) is 16.7 Å². The van der Waals surface area contributed by atoms with Crippen LogP contribution in [0.3, 0.4) is 0 Å². The Labute approximate surface area is 105 Å². The van der Waals surface area contributed by atoms with E-state index in [9.17, 15) is 0 Å². The van der Waals surface area contributed by atoms with E-state index >= 15 is 0 Å². The molecule has 1 aromatic rings. The van der Waals surface area contributed by atoms with Gasteiger partial charge >= 0.3 is 0 Å². The topological polar surface area (TPSA) is 56.9 Å². The zero-order valence-corrected chi connectivity index (χ0v) is 11.1. The summed E-state index contributed by atoms with van der Waals surface area (Å²) in [5, 5.41) is 18.4. The van der Waals surface area contributed by atoms with Crippen molar-refractivity contribution >= 4 is 31.9 Å². The largest absolute Gasteiger partial charge is 0.395 e. The predicted octanol–water partition coefficient (Wildman–Crippen LogP) is 2.41. The highest BCUT2D eigenvalue weighted by molar-refractivity contribution is 9.10. The van der Waals surface area contributed by atoms with Crippen LogP contribution in [0.4, 0.5) is 0 Å². The van der Waals surface area contributed by atoms with Crippen LogP contribution in [0.1, 0.15) is 11.3 Å². The number of halogens is 2. The second-order valence-electron chi connectivity index (χ2n) is 3.11. The SMILES string of the molecule is N#CC(CO)Cc1cc(Br)cnc1CBr. The molecular weight excluding hydrogens is 324 g/mol. The molecule has 1 unspecified atom stereocenters. The van der Waals surface area contributed by atoms with Crippen LogP contribution in [0.25, 0.3) is 0 Å². The van der Waals surface area contributed by atoms with Gasteiger partial charge in [-0.3, -0.25) is 4.98 Å². The quantitative estimate of drug-likeness (QED) is 0.861. The predicted molar refractivity (Wildman–Crippen MR) is 64.5 cm³/mol.